The van der Waals surface area contributed by atoms with E-state index in [1.807, 2.05) is 20.0 Å². The van der Waals surface area contributed by atoms with E-state index in [0.717, 1.165) is 19.5 Å². The molecule has 0 radical (unpaired) electrons. The summed E-state index contributed by atoms with van der Waals surface area (Å²) in [7, 11) is 2.03. The van der Waals surface area contributed by atoms with Crippen molar-refractivity contribution in [2.24, 2.45) is 7.05 Å². The normalized spacial score (nSPS) is 14.2. The van der Waals surface area contributed by atoms with Crippen molar-refractivity contribution >= 4 is 0 Å². The lowest BCUT2D eigenvalue weighted by molar-refractivity contribution is 0.173. The lowest BCUT2D eigenvalue weighted by Gasteiger charge is -2.19. The van der Waals surface area contributed by atoms with E-state index >= 15 is 0 Å². The molecule has 108 valence electrons. The second-order valence-electron chi connectivity index (χ2n) is 5.51. The Bertz CT molecular complexity index is 505. The van der Waals surface area contributed by atoms with Crippen LogP contribution in [0.4, 0.5) is 0 Å². The molecule has 20 heavy (non-hydrogen) atoms. The molecule has 3 heteroatoms. The minimum Gasteiger partial charge on any atom is -0.393 e. The van der Waals surface area contributed by atoms with Gasteiger partial charge in [0.2, 0.25) is 0 Å². The van der Waals surface area contributed by atoms with Crippen LogP contribution in [0.15, 0.2) is 48.8 Å². The van der Waals surface area contributed by atoms with Crippen molar-refractivity contribution in [3.05, 3.63) is 59.9 Å². The number of aryl methyl sites for hydroxylation is 1. The molecule has 2 atom stereocenters. The zero-order chi connectivity index (χ0) is 14.4. The Morgan fingerprint density at radius 1 is 1.20 bits per heavy atom. The number of benzene rings is 1. The highest BCUT2D eigenvalue weighted by atomic mass is 16.3. The first-order valence-corrected chi connectivity index (χ1v) is 7.19. The Morgan fingerprint density at radius 2 is 1.95 bits per heavy atom. The molecule has 2 rings (SSSR count). The van der Waals surface area contributed by atoms with Gasteiger partial charge in [0.25, 0.3) is 0 Å². The third kappa shape index (κ3) is 4.51. The quantitative estimate of drug-likeness (QED) is 0.813. The second-order valence-corrected chi connectivity index (χ2v) is 5.51. The van der Waals surface area contributed by atoms with E-state index in [2.05, 4.69) is 52.6 Å². The highest BCUT2D eigenvalue weighted by molar-refractivity contribution is 5.20. The van der Waals surface area contributed by atoms with Gasteiger partial charge in [-0.2, -0.15) is 0 Å². The maximum Gasteiger partial charge on any atom is 0.0518 e. The lowest BCUT2D eigenvalue weighted by Crippen LogP contribution is -2.23. The van der Waals surface area contributed by atoms with E-state index in [9.17, 15) is 5.11 Å². The second kappa shape index (κ2) is 7.27. The van der Waals surface area contributed by atoms with Crippen LogP contribution in [0.25, 0.3) is 0 Å². The van der Waals surface area contributed by atoms with E-state index in [4.69, 9.17) is 0 Å². The summed E-state index contributed by atoms with van der Waals surface area (Å²) in [6.07, 6.45) is 4.69. The molecular formula is C17H24N2O. The Labute approximate surface area is 121 Å². The van der Waals surface area contributed by atoms with Crippen molar-refractivity contribution in [3.8, 4) is 0 Å². The summed E-state index contributed by atoms with van der Waals surface area (Å²) in [6, 6.07) is 12.5. The Hall–Kier alpha value is -1.58. The zero-order valence-corrected chi connectivity index (χ0v) is 12.3. The van der Waals surface area contributed by atoms with E-state index in [0.29, 0.717) is 5.92 Å². The van der Waals surface area contributed by atoms with E-state index < -0.39 is 0 Å². The van der Waals surface area contributed by atoms with Crippen LogP contribution in [0.2, 0.25) is 0 Å². The minimum atomic E-state index is -0.279. The van der Waals surface area contributed by atoms with Gasteiger partial charge >= 0.3 is 0 Å². The summed E-state index contributed by atoms with van der Waals surface area (Å²) in [5.41, 5.74) is 2.57. The van der Waals surface area contributed by atoms with Gasteiger partial charge in [0.1, 0.15) is 0 Å². The summed E-state index contributed by atoms with van der Waals surface area (Å²) in [5, 5.41) is 13.2. The number of nitrogens with zero attached hydrogens (tertiary/aromatic N) is 1. The van der Waals surface area contributed by atoms with Gasteiger partial charge in [-0.3, -0.25) is 0 Å². The molecule has 0 aliphatic rings. The van der Waals surface area contributed by atoms with Crippen LogP contribution in [0.1, 0.15) is 30.4 Å². The predicted molar refractivity (Wildman–Crippen MR) is 82.6 cm³/mol. The first-order chi connectivity index (χ1) is 9.65. The van der Waals surface area contributed by atoms with Crippen molar-refractivity contribution in [3.63, 3.8) is 0 Å². The molecule has 1 aromatic heterocycles. The number of aromatic nitrogens is 1. The van der Waals surface area contributed by atoms with E-state index in [1.165, 1.54) is 11.1 Å². The molecule has 3 nitrogen and oxygen atoms in total. The number of rotatable bonds is 7. The van der Waals surface area contributed by atoms with Gasteiger partial charge < -0.3 is 15.0 Å². The van der Waals surface area contributed by atoms with Crippen molar-refractivity contribution in [1.82, 2.24) is 9.88 Å². The number of nitrogens with one attached hydrogen (secondary N) is 1. The summed E-state index contributed by atoms with van der Waals surface area (Å²) in [4.78, 5) is 0. The van der Waals surface area contributed by atoms with E-state index in [1.54, 1.807) is 0 Å². The van der Waals surface area contributed by atoms with Crippen LogP contribution in [0.5, 0.6) is 0 Å². The molecule has 0 amide bonds. The van der Waals surface area contributed by atoms with E-state index in [-0.39, 0.29) is 6.10 Å². The Balaban J connectivity index is 1.91. The smallest absolute Gasteiger partial charge is 0.0518 e. The SMILES string of the molecule is CC(O)CC(CNCc1ccn(C)c1)c1ccccc1. The van der Waals surface area contributed by atoms with Crippen LogP contribution in [-0.4, -0.2) is 22.3 Å². The molecule has 2 aromatic rings. The van der Waals surface area contributed by atoms with Crippen LogP contribution in [0, 0.1) is 0 Å². The van der Waals surface area contributed by atoms with Crippen LogP contribution in [-0.2, 0) is 13.6 Å². The summed E-state index contributed by atoms with van der Waals surface area (Å²) in [5.74, 6) is 0.347. The number of aliphatic hydroxyl groups excluding tert-OH is 1. The molecule has 0 spiro atoms. The Kier molecular flexibility index (Phi) is 5.39. The predicted octanol–water partition coefficient (Wildman–Crippen LogP) is 2.67. The van der Waals surface area contributed by atoms with Gasteiger partial charge in [0.15, 0.2) is 0 Å². The van der Waals surface area contributed by atoms with Crippen LogP contribution < -0.4 is 5.32 Å². The number of hydrogen-bond acceptors (Lipinski definition) is 2. The first kappa shape index (κ1) is 14.8. The number of hydrogen-bond donors (Lipinski definition) is 2. The summed E-state index contributed by atoms with van der Waals surface area (Å²) < 4.78 is 2.06. The standard InChI is InChI=1S/C17H24N2O/c1-14(20)10-17(16-6-4-3-5-7-16)12-18-11-15-8-9-19(2)13-15/h3-9,13-14,17-18,20H,10-12H2,1-2H3. The van der Waals surface area contributed by atoms with Crippen molar-refractivity contribution in [2.45, 2.75) is 31.9 Å². The topological polar surface area (TPSA) is 37.2 Å². The first-order valence-electron chi connectivity index (χ1n) is 7.19. The fourth-order valence-corrected chi connectivity index (χ4v) is 2.53. The van der Waals surface area contributed by atoms with Crippen molar-refractivity contribution < 1.29 is 5.11 Å². The van der Waals surface area contributed by atoms with Crippen molar-refractivity contribution in [1.29, 1.82) is 0 Å². The van der Waals surface area contributed by atoms with Crippen LogP contribution >= 0.6 is 0 Å². The highest BCUT2D eigenvalue weighted by Crippen LogP contribution is 2.20. The molecular weight excluding hydrogens is 248 g/mol. The maximum absolute atomic E-state index is 9.67. The van der Waals surface area contributed by atoms with Gasteiger partial charge in [-0.15, -0.1) is 0 Å². The fraction of sp³-hybridized carbons (Fsp3) is 0.412. The molecule has 0 aliphatic heterocycles. The largest absolute Gasteiger partial charge is 0.393 e. The highest BCUT2D eigenvalue weighted by Gasteiger charge is 2.13. The molecule has 2 unspecified atom stereocenters. The van der Waals surface area contributed by atoms with Crippen molar-refractivity contribution in [2.75, 3.05) is 6.54 Å². The maximum atomic E-state index is 9.67. The third-order valence-electron chi connectivity index (χ3n) is 3.51. The fourth-order valence-electron chi connectivity index (χ4n) is 2.53. The third-order valence-corrected chi connectivity index (χ3v) is 3.51. The average Bonchev–Trinajstić information content (AvgIpc) is 2.84. The molecule has 2 N–H and O–H groups in total. The van der Waals surface area contributed by atoms with Gasteiger partial charge in [0, 0.05) is 32.5 Å². The minimum absolute atomic E-state index is 0.279. The molecule has 0 aliphatic carbocycles. The molecule has 1 heterocycles. The Morgan fingerprint density at radius 3 is 2.55 bits per heavy atom. The van der Waals surface area contributed by atoms with Gasteiger partial charge in [0.05, 0.1) is 6.10 Å². The van der Waals surface area contributed by atoms with Gasteiger partial charge in [-0.05, 0) is 36.5 Å². The lowest BCUT2D eigenvalue weighted by atomic mass is 9.93. The molecule has 0 saturated heterocycles. The number of aliphatic hydroxyl groups is 1. The monoisotopic (exact) mass is 272 g/mol. The van der Waals surface area contributed by atoms with Gasteiger partial charge in [-0.25, -0.2) is 0 Å². The zero-order valence-electron chi connectivity index (χ0n) is 12.3. The summed E-state index contributed by atoms with van der Waals surface area (Å²) >= 11 is 0. The molecule has 0 saturated carbocycles. The molecule has 0 bridgehead atoms. The molecule has 0 fully saturated rings. The average molecular weight is 272 g/mol. The summed E-state index contributed by atoms with van der Waals surface area (Å²) in [6.45, 7) is 3.60. The molecule has 1 aromatic carbocycles. The van der Waals surface area contributed by atoms with Gasteiger partial charge in [-0.1, -0.05) is 30.3 Å². The van der Waals surface area contributed by atoms with Crippen LogP contribution in [0.3, 0.4) is 0 Å².